The number of hydrogen-bond acceptors (Lipinski definition) is 3. The van der Waals surface area contributed by atoms with E-state index in [1.54, 1.807) is 19.2 Å². The number of nitrogens with one attached hydrogen (secondary N) is 1. The van der Waals surface area contributed by atoms with E-state index in [-0.39, 0.29) is 11.8 Å². The lowest BCUT2D eigenvalue weighted by atomic mass is 9.99. The number of rotatable bonds is 4. The van der Waals surface area contributed by atoms with E-state index in [1.807, 2.05) is 47.4 Å². The second kappa shape index (κ2) is 8.27. The molecule has 0 aliphatic carbocycles. The van der Waals surface area contributed by atoms with Gasteiger partial charge in [-0.2, -0.15) is 0 Å². The summed E-state index contributed by atoms with van der Waals surface area (Å²) in [6.45, 7) is 1.75. The average molecular weight is 388 g/mol. The smallest absolute Gasteiger partial charge is 0.317 e. The van der Waals surface area contributed by atoms with Crippen molar-refractivity contribution in [3.8, 4) is 11.5 Å². The van der Waals surface area contributed by atoms with Gasteiger partial charge in [0.25, 0.3) is 0 Å². The molecule has 0 fully saturated rings. The van der Waals surface area contributed by atoms with E-state index in [1.165, 1.54) is 5.57 Å². The molecule has 148 valence electrons. The van der Waals surface area contributed by atoms with Crippen molar-refractivity contribution in [2.75, 3.05) is 20.2 Å². The lowest BCUT2D eigenvalue weighted by Gasteiger charge is -2.27. The van der Waals surface area contributed by atoms with Crippen molar-refractivity contribution in [1.29, 1.82) is 0 Å². The highest BCUT2D eigenvalue weighted by atomic mass is 16.5. The maximum atomic E-state index is 12.5. The number of nitrogens with zero attached hydrogens (tertiary/aromatic N) is 1. The first-order valence-electron chi connectivity index (χ1n) is 9.70. The highest BCUT2D eigenvalue weighted by Gasteiger charge is 2.17. The molecule has 0 radical (unpaired) electrons. The number of fused-ring (bicyclic) bond motifs is 1. The zero-order chi connectivity index (χ0) is 20.2. The summed E-state index contributed by atoms with van der Waals surface area (Å²) in [5, 5.41) is 14.7. The van der Waals surface area contributed by atoms with Gasteiger partial charge in [-0.15, -0.1) is 0 Å². The molecule has 5 nitrogen and oxygen atoms in total. The van der Waals surface area contributed by atoms with Crippen molar-refractivity contribution in [3.05, 3.63) is 77.9 Å². The van der Waals surface area contributed by atoms with E-state index in [0.717, 1.165) is 34.1 Å². The molecular formula is C24H24N2O3. The number of aromatic hydroxyl groups is 1. The van der Waals surface area contributed by atoms with Crippen LogP contribution in [0.4, 0.5) is 4.79 Å². The molecule has 29 heavy (non-hydrogen) atoms. The minimum Gasteiger partial charge on any atom is -0.508 e. The fraction of sp³-hybridized carbons (Fsp3) is 0.208. The lowest BCUT2D eigenvalue weighted by Crippen LogP contribution is -2.41. The van der Waals surface area contributed by atoms with E-state index in [4.69, 9.17) is 4.74 Å². The average Bonchev–Trinajstić information content (AvgIpc) is 2.77. The zero-order valence-electron chi connectivity index (χ0n) is 16.4. The van der Waals surface area contributed by atoms with Crippen molar-refractivity contribution < 1.29 is 14.6 Å². The summed E-state index contributed by atoms with van der Waals surface area (Å²) in [7, 11) is 1.66. The third kappa shape index (κ3) is 4.35. The van der Waals surface area contributed by atoms with Crippen LogP contribution in [0.15, 0.2) is 66.7 Å². The Kier molecular flexibility index (Phi) is 5.38. The van der Waals surface area contributed by atoms with Gasteiger partial charge in [-0.25, -0.2) is 4.79 Å². The Labute approximate surface area is 170 Å². The highest BCUT2D eigenvalue weighted by Crippen LogP contribution is 2.24. The van der Waals surface area contributed by atoms with Gasteiger partial charge in [0.05, 0.1) is 7.11 Å². The van der Waals surface area contributed by atoms with Gasteiger partial charge in [-0.1, -0.05) is 36.4 Å². The number of carbonyl (C=O) groups excluding carboxylic acids is 1. The lowest BCUT2D eigenvalue weighted by molar-refractivity contribution is 0.202. The largest absolute Gasteiger partial charge is 0.508 e. The summed E-state index contributed by atoms with van der Waals surface area (Å²) in [6.07, 6.45) is 2.88. The fourth-order valence-electron chi connectivity index (χ4n) is 3.59. The summed E-state index contributed by atoms with van der Waals surface area (Å²) in [5.41, 5.74) is 3.36. The minimum absolute atomic E-state index is 0.0548. The van der Waals surface area contributed by atoms with E-state index >= 15 is 0 Å². The Morgan fingerprint density at radius 3 is 2.55 bits per heavy atom. The zero-order valence-corrected chi connectivity index (χ0v) is 16.4. The van der Waals surface area contributed by atoms with Crippen molar-refractivity contribution in [2.45, 2.75) is 13.0 Å². The van der Waals surface area contributed by atoms with E-state index < -0.39 is 0 Å². The molecule has 0 unspecified atom stereocenters. The number of phenolic OH excluding ortho intramolecular Hbond substituents is 1. The molecule has 1 aliphatic heterocycles. The first-order valence-corrected chi connectivity index (χ1v) is 9.70. The van der Waals surface area contributed by atoms with Gasteiger partial charge >= 0.3 is 6.03 Å². The molecule has 0 saturated carbocycles. The molecule has 3 aromatic rings. The van der Waals surface area contributed by atoms with Crippen molar-refractivity contribution in [3.63, 3.8) is 0 Å². The summed E-state index contributed by atoms with van der Waals surface area (Å²) >= 11 is 0. The van der Waals surface area contributed by atoms with Gasteiger partial charge in [0.2, 0.25) is 0 Å². The second-order valence-corrected chi connectivity index (χ2v) is 7.18. The molecule has 1 heterocycles. The van der Waals surface area contributed by atoms with E-state index in [9.17, 15) is 9.90 Å². The number of phenols is 1. The van der Waals surface area contributed by atoms with Gasteiger partial charge in [-0.3, -0.25) is 0 Å². The van der Waals surface area contributed by atoms with Gasteiger partial charge < -0.3 is 20.1 Å². The third-order valence-electron chi connectivity index (χ3n) is 5.29. The molecular weight excluding hydrogens is 364 g/mol. The number of benzene rings is 3. The topological polar surface area (TPSA) is 61.8 Å². The number of carbonyl (C=O) groups is 1. The SMILES string of the molecule is COc1ccc2cc(CNC(=O)N3CC=C(c4ccc(O)cc4)CC3)ccc2c1. The molecule has 4 rings (SSSR count). The molecule has 2 amide bonds. The Bertz CT molecular complexity index is 1060. The van der Waals surface area contributed by atoms with Gasteiger partial charge in [0.15, 0.2) is 0 Å². The van der Waals surface area contributed by atoms with Gasteiger partial charge in [0.1, 0.15) is 11.5 Å². The number of ether oxygens (including phenoxy) is 1. The number of amides is 2. The summed E-state index contributed by atoms with van der Waals surface area (Å²) < 4.78 is 5.26. The predicted molar refractivity (Wildman–Crippen MR) is 115 cm³/mol. The molecule has 3 aromatic carbocycles. The Morgan fingerprint density at radius 2 is 1.83 bits per heavy atom. The number of urea groups is 1. The number of methoxy groups -OCH3 is 1. The molecule has 0 bridgehead atoms. The molecule has 0 spiro atoms. The van der Waals surface area contributed by atoms with E-state index in [0.29, 0.717) is 19.6 Å². The Morgan fingerprint density at radius 1 is 1.07 bits per heavy atom. The molecule has 5 heteroatoms. The van der Waals surface area contributed by atoms with Crippen LogP contribution < -0.4 is 10.1 Å². The standard InChI is InChI=1S/C24H24N2O3/c1-29-23-9-6-20-14-17(2-3-21(20)15-23)16-25-24(28)26-12-10-19(11-13-26)18-4-7-22(27)8-5-18/h2-10,14-15,27H,11-13,16H2,1H3,(H,25,28). The number of hydrogen-bond donors (Lipinski definition) is 2. The van der Waals surface area contributed by atoms with Crippen LogP contribution in [0.2, 0.25) is 0 Å². The Hall–Kier alpha value is -3.47. The van der Waals surface area contributed by atoms with Gasteiger partial charge in [-0.05, 0) is 64.2 Å². The summed E-state index contributed by atoms with van der Waals surface area (Å²) in [5.74, 6) is 1.10. The summed E-state index contributed by atoms with van der Waals surface area (Å²) in [4.78, 5) is 14.4. The summed E-state index contributed by atoms with van der Waals surface area (Å²) in [6, 6.07) is 19.3. The van der Waals surface area contributed by atoms with Gasteiger partial charge in [0, 0.05) is 19.6 Å². The maximum Gasteiger partial charge on any atom is 0.317 e. The monoisotopic (exact) mass is 388 g/mol. The van der Waals surface area contributed by atoms with Crippen LogP contribution in [-0.4, -0.2) is 36.2 Å². The first-order chi connectivity index (χ1) is 14.1. The fourth-order valence-corrected chi connectivity index (χ4v) is 3.59. The predicted octanol–water partition coefficient (Wildman–Crippen LogP) is 4.55. The third-order valence-corrected chi connectivity index (χ3v) is 5.29. The van der Waals surface area contributed by atoms with Crippen LogP contribution >= 0.6 is 0 Å². The molecule has 0 atom stereocenters. The van der Waals surface area contributed by atoms with Crippen LogP contribution in [0.5, 0.6) is 11.5 Å². The first kappa shape index (κ1) is 18.9. The van der Waals surface area contributed by atoms with Crippen molar-refractivity contribution in [1.82, 2.24) is 10.2 Å². The van der Waals surface area contributed by atoms with Crippen LogP contribution in [0.1, 0.15) is 17.5 Å². The van der Waals surface area contributed by atoms with Crippen LogP contribution in [0.25, 0.3) is 16.3 Å². The van der Waals surface area contributed by atoms with Crippen LogP contribution in [0, 0.1) is 0 Å². The second-order valence-electron chi connectivity index (χ2n) is 7.18. The van der Waals surface area contributed by atoms with Crippen molar-refractivity contribution >= 4 is 22.4 Å². The molecule has 2 N–H and O–H groups in total. The van der Waals surface area contributed by atoms with Crippen molar-refractivity contribution in [2.24, 2.45) is 0 Å². The highest BCUT2D eigenvalue weighted by molar-refractivity contribution is 5.84. The van der Waals surface area contributed by atoms with Crippen LogP contribution in [-0.2, 0) is 6.54 Å². The molecule has 0 aromatic heterocycles. The maximum absolute atomic E-state index is 12.5. The molecule has 0 saturated heterocycles. The quantitative estimate of drug-likeness (QED) is 0.689. The minimum atomic E-state index is -0.0548. The Balaban J connectivity index is 1.35. The van der Waals surface area contributed by atoms with E-state index in [2.05, 4.69) is 17.5 Å². The van der Waals surface area contributed by atoms with Crippen LogP contribution in [0.3, 0.4) is 0 Å². The normalized spacial score (nSPS) is 13.8. The molecule has 1 aliphatic rings.